The number of ether oxygens (including phenoxy) is 1. The summed E-state index contributed by atoms with van der Waals surface area (Å²) in [5.41, 5.74) is -1.66. The van der Waals surface area contributed by atoms with Crippen molar-refractivity contribution in [3.8, 4) is 5.75 Å². The molecule has 2 bridgehead atoms. The first-order chi connectivity index (χ1) is 19.0. The maximum atomic E-state index is 14.6. The molecule has 2 fully saturated rings. The van der Waals surface area contributed by atoms with Gasteiger partial charge in [0.15, 0.2) is 11.4 Å². The third-order valence-corrected chi connectivity index (χ3v) is 7.85. The number of nitrogens with zero attached hydrogens (tertiary/aromatic N) is 2. The van der Waals surface area contributed by atoms with Gasteiger partial charge in [0.05, 0.1) is 12.1 Å². The second kappa shape index (κ2) is 9.46. The third-order valence-electron chi connectivity index (χ3n) is 7.85. The van der Waals surface area contributed by atoms with Crippen LogP contribution in [-0.4, -0.2) is 39.3 Å². The van der Waals surface area contributed by atoms with Crippen molar-refractivity contribution in [3.05, 3.63) is 98.7 Å². The number of hydrogen-bond donors (Lipinski definition) is 1. The van der Waals surface area contributed by atoms with Crippen molar-refractivity contribution in [1.29, 1.82) is 0 Å². The summed E-state index contributed by atoms with van der Waals surface area (Å²) in [6.45, 7) is -0.785. The monoisotopic (exact) mass is 559 g/mol. The lowest BCUT2D eigenvalue weighted by molar-refractivity contribution is -0.0871. The van der Waals surface area contributed by atoms with Crippen LogP contribution in [0.4, 0.5) is 22.0 Å². The lowest BCUT2D eigenvalue weighted by Crippen LogP contribution is -2.58. The van der Waals surface area contributed by atoms with E-state index in [1.807, 2.05) is 0 Å². The minimum Gasteiger partial charge on any atom is -0.483 e. The van der Waals surface area contributed by atoms with Gasteiger partial charge in [-0.1, -0.05) is 30.3 Å². The van der Waals surface area contributed by atoms with Gasteiger partial charge in [0.2, 0.25) is 5.43 Å². The fraction of sp³-hybridized carbons (Fsp3) is 0.321. The van der Waals surface area contributed by atoms with Crippen LogP contribution in [0.15, 0.2) is 53.5 Å². The average Bonchev–Trinajstić information content (AvgIpc) is 3.42. The predicted octanol–water partition coefficient (Wildman–Crippen LogP) is 4.03. The molecule has 3 aliphatic rings. The smallest absolute Gasteiger partial charge is 0.275 e. The van der Waals surface area contributed by atoms with Crippen molar-refractivity contribution in [3.63, 3.8) is 0 Å². The van der Waals surface area contributed by atoms with Gasteiger partial charge in [-0.2, -0.15) is 0 Å². The Bertz CT molecular complexity index is 1570. The zero-order chi connectivity index (χ0) is 28.3. The van der Waals surface area contributed by atoms with Crippen molar-refractivity contribution in [2.24, 2.45) is 5.92 Å². The van der Waals surface area contributed by atoms with Crippen LogP contribution < -0.4 is 15.5 Å². The summed E-state index contributed by atoms with van der Waals surface area (Å²) in [6.07, 6.45) is 0.908. The molecule has 7 nitrogen and oxygen atoms in total. The first-order valence-electron chi connectivity index (χ1n) is 12.6. The number of carbonyl (C=O) groups excluding carboxylic acids is 2. The SMILES string of the molecule is O=C(NCc1c(F)cc(F)cc1F)c1cn2c(c(OCc3ccccc3)c1=O)C(=O)N1[C@H](C2)[C@H]2C[C@@H]1C(F)(F)C2. The molecule has 1 N–H and O–H groups in total. The van der Waals surface area contributed by atoms with Gasteiger partial charge in [0.1, 0.15) is 29.6 Å². The minimum atomic E-state index is -3.05. The number of alkyl halides is 2. The van der Waals surface area contributed by atoms with Crippen LogP contribution in [0.25, 0.3) is 0 Å². The second-order valence-corrected chi connectivity index (χ2v) is 10.3. The van der Waals surface area contributed by atoms with Gasteiger partial charge in [0, 0.05) is 43.4 Å². The van der Waals surface area contributed by atoms with E-state index >= 15 is 0 Å². The Morgan fingerprint density at radius 2 is 1.77 bits per heavy atom. The molecule has 12 heteroatoms. The van der Waals surface area contributed by atoms with E-state index in [1.54, 1.807) is 30.3 Å². The fourth-order valence-corrected chi connectivity index (χ4v) is 5.98. The molecule has 6 rings (SSSR count). The van der Waals surface area contributed by atoms with E-state index in [0.717, 1.165) is 11.1 Å². The molecule has 1 saturated heterocycles. The van der Waals surface area contributed by atoms with Crippen LogP contribution >= 0.6 is 0 Å². The highest BCUT2D eigenvalue weighted by Gasteiger charge is 2.64. The first-order valence-corrected chi connectivity index (χ1v) is 12.6. The van der Waals surface area contributed by atoms with Crippen LogP contribution in [0, 0.1) is 23.4 Å². The lowest BCUT2D eigenvalue weighted by Gasteiger charge is -2.43. The Hall–Kier alpha value is -4.22. The quantitative estimate of drug-likeness (QED) is 0.463. The van der Waals surface area contributed by atoms with E-state index in [9.17, 15) is 36.3 Å². The molecule has 2 amide bonds. The standard InChI is InChI=1S/C28H22F5N3O4/c29-16-7-19(30)17(20(31)8-16)10-34-26(38)18-11-35-12-21-15-6-22(28(32,33)9-15)36(21)27(39)23(35)25(24(18)37)40-13-14-4-2-1-3-5-14/h1-5,7-8,11,15,21-22H,6,9-10,12-13H2,(H,34,38)/t15-,21+,22+/m0/s1. The summed E-state index contributed by atoms with van der Waals surface area (Å²) in [4.78, 5) is 41.3. The molecule has 0 spiro atoms. The van der Waals surface area contributed by atoms with E-state index in [-0.39, 0.29) is 31.7 Å². The Morgan fingerprint density at radius 1 is 1.07 bits per heavy atom. The van der Waals surface area contributed by atoms with Crippen molar-refractivity contribution in [2.75, 3.05) is 0 Å². The summed E-state index contributed by atoms with van der Waals surface area (Å²) in [5.74, 6) is -9.34. The zero-order valence-corrected chi connectivity index (χ0v) is 20.8. The van der Waals surface area contributed by atoms with Gasteiger partial charge in [0.25, 0.3) is 17.7 Å². The molecule has 2 aliphatic heterocycles. The highest BCUT2D eigenvalue weighted by molar-refractivity contribution is 5.99. The number of aromatic nitrogens is 1. The van der Waals surface area contributed by atoms with Gasteiger partial charge in [-0.25, -0.2) is 22.0 Å². The second-order valence-electron chi connectivity index (χ2n) is 10.3. The van der Waals surface area contributed by atoms with E-state index in [2.05, 4.69) is 5.32 Å². The Labute approximate surface area is 224 Å². The van der Waals surface area contributed by atoms with Crippen molar-refractivity contribution < 1.29 is 36.3 Å². The summed E-state index contributed by atoms with van der Waals surface area (Å²) < 4.78 is 77.7. The highest BCUT2D eigenvalue weighted by atomic mass is 19.3. The molecule has 3 aromatic rings. The Balaban J connectivity index is 1.37. The third kappa shape index (κ3) is 4.22. The number of hydrogen-bond acceptors (Lipinski definition) is 4. The number of nitrogens with one attached hydrogen (secondary N) is 1. The molecule has 1 aromatic heterocycles. The Kier molecular flexibility index (Phi) is 6.15. The van der Waals surface area contributed by atoms with Crippen LogP contribution in [-0.2, 0) is 19.7 Å². The summed E-state index contributed by atoms with van der Waals surface area (Å²) in [7, 11) is 0. The molecule has 208 valence electrons. The van der Waals surface area contributed by atoms with Gasteiger partial charge in [-0.3, -0.25) is 14.4 Å². The molecule has 1 aliphatic carbocycles. The van der Waals surface area contributed by atoms with Crippen molar-refractivity contribution >= 4 is 11.8 Å². The topological polar surface area (TPSA) is 80.6 Å². The Morgan fingerprint density at radius 3 is 2.48 bits per heavy atom. The molecular weight excluding hydrogens is 537 g/mol. The number of pyridine rings is 1. The number of benzene rings is 2. The minimum absolute atomic E-state index is 0.0573. The highest BCUT2D eigenvalue weighted by Crippen LogP contribution is 2.53. The summed E-state index contributed by atoms with van der Waals surface area (Å²) in [6, 6.07) is 7.75. The van der Waals surface area contributed by atoms with Crippen LogP contribution in [0.5, 0.6) is 5.75 Å². The number of amides is 2. The molecule has 2 aromatic carbocycles. The number of piperidine rings is 1. The maximum Gasteiger partial charge on any atom is 0.275 e. The lowest BCUT2D eigenvalue weighted by atomic mass is 9.94. The molecule has 1 saturated carbocycles. The van der Waals surface area contributed by atoms with Gasteiger partial charge in [-0.15, -0.1) is 0 Å². The van der Waals surface area contributed by atoms with E-state index < -0.39 is 82.0 Å². The summed E-state index contributed by atoms with van der Waals surface area (Å²) in [5, 5.41) is 2.26. The molecule has 3 atom stereocenters. The number of fused-ring (bicyclic) bond motifs is 6. The van der Waals surface area contributed by atoms with E-state index in [1.165, 1.54) is 4.57 Å². The fourth-order valence-electron chi connectivity index (χ4n) is 5.98. The first kappa shape index (κ1) is 26.0. The van der Waals surface area contributed by atoms with E-state index in [0.29, 0.717) is 17.7 Å². The predicted molar refractivity (Wildman–Crippen MR) is 130 cm³/mol. The zero-order valence-electron chi connectivity index (χ0n) is 20.8. The van der Waals surface area contributed by atoms with Gasteiger partial charge in [-0.05, 0) is 17.9 Å². The van der Waals surface area contributed by atoms with Crippen LogP contribution in [0.2, 0.25) is 0 Å². The average molecular weight is 559 g/mol. The number of halogens is 5. The number of rotatable bonds is 6. The largest absolute Gasteiger partial charge is 0.483 e. The molecule has 0 unspecified atom stereocenters. The molecular formula is C28H22F5N3O4. The van der Waals surface area contributed by atoms with Crippen molar-refractivity contribution in [1.82, 2.24) is 14.8 Å². The molecule has 40 heavy (non-hydrogen) atoms. The van der Waals surface area contributed by atoms with Crippen LogP contribution in [0.1, 0.15) is 44.8 Å². The van der Waals surface area contributed by atoms with E-state index in [4.69, 9.17) is 4.74 Å². The summed E-state index contributed by atoms with van der Waals surface area (Å²) >= 11 is 0. The molecule has 3 heterocycles. The van der Waals surface area contributed by atoms with Crippen LogP contribution in [0.3, 0.4) is 0 Å². The molecule has 0 radical (unpaired) electrons. The van der Waals surface area contributed by atoms with Crippen molar-refractivity contribution in [2.45, 2.75) is 50.5 Å². The maximum absolute atomic E-state index is 14.6. The normalized spacial score (nSPS) is 22.2. The van der Waals surface area contributed by atoms with Gasteiger partial charge < -0.3 is 19.5 Å². The van der Waals surface area contributed by atoms with Gasteiger partial charge >= 0.3 is 0 Å². The number of carbonyl (C=O) groups is 2.